The monoisotopic (exact) mass is 220 g/mol. The molecule has 0 aliphatic heterocycles. The fourth-order valence-corrected chi connectivity index (χ4v) is 2.16. The van der Waals surface area contributed by atoms with Crippen molar-refractivity contribution in [3.63, 3.8) is 0 Å². The third-order valence-electron chi connectivity index (χ3n) is 3.12. The third kappa shape index (κ3) is 1.57. The molecule has 2 N–H and O–H groups in total. The molecule has 0 spiro atoms. The number of hydrogen-bond donors (Lipinski definition) is 1. The molecule has 2 aromatic rings. The summed E-state index contributed by atoms with van der Waals surface area (Å²) in [5.74, 6) is 0.557. The zero-order valence-corrected chi connectivity index (χ0v) is 9.66. The maximum atomic E-state index is 7.12. The maximum Gasteiger partial charge on any atom is 0.119 e. The SMILES string of the molecule is [2H]C([2H])Oc1ccc2c(c1)c(CCN)c(C)n2C. The van der Waals surface area contributed by atoms with E-state index in [0.717, 1.165) is 17.3 Å². The molecule has 0 amide bonds. The summed E-state index contributed by atoms with van der Waals surface area (Å²) in [5, 5.41) is 1.10. The maximum absolute atomic E-state index is 7.12. The minimum absolute atomic E-state index is 0.557. The van der Waals surface area contributed by atoms with Crippen LogP contribution in [0.4, 0.5) is 0 Å². The van der Waals surface area contributed by atoms with Crippen molar-refractivity contribution in [2.24, 2.45) is 12.8 Å². The van der Waals surface area contributed by atoms with Crippen LogP contribution in [0.5, 0.6) is 5.75 Å². The number of fused-ring (bicyclic) bond motifs is 1. The number of rotatable bonds is 3. The van der Waals surface area contributed by atoms with Gasteiger partial charge < -0.3 is 15.0 Å². The van der Waals surface area contributed by atoms with Crippen molar-refractivity contribution in [1.82, 2.24) is 4.57 Å². The number of aromatic nitrogens is 1. The molecule has 86 valence electrons. The van der Waals surface area contributed by atoms with Gasteiger partial charge in [-0.3, -0.25) is 0 Å². The van der Waals surface area contributed by atoms with Gasteiger partial charge >= 0.3 is 0 Å². The second-order valence-corrected chi connectivity index (χ2v) is 3.96. The van der Waals surface area contributed by atoms with E-state index in [9.17, 15) is 0 Å². The van der Waals surface area contributed by atoms with Crippen LogP contribution in [0.25, 0.3) is 10.9 Å². The van der Waals surface area contributed by atoms with Crippen LogP contribution in [0.3, 0.4) is 0 Å². The van der Waals surface area contributed by atoms with Gasteiger partial charge in [0.15, 0.2) is 0 Å². The number of benzene rings is 1. The lowest BCUT2D eigenvalue weighted by molar-refractivity contribution is 0.415. The van der Waals surface area contributed by atoms with E-state index in [1.807, 2.05) is 19.2 Å². The summed E-state index contributed by atoms with van der Waals surface area (Å²) < 4.78 is 21.5. The van der Waals surface area contributed by atoms with Crippen LogP contribution in [0.2, 0.25) is 0 Å². The van der Waals surface area contributed by atoms with E-state index in [-0.39, 0.29) is 0 Å². The van der Waals surface area contributed by atoms with Gasteiger partial charge in [-0.2, -0.15) is 0 Å². The minimum Gasteiger partial charge on any atom is -0.497 e. The summed E-state index contributed by atoms with van der Waals surface area (Å²) in [5.41, 5.74) is 9.18. The molecule has 1 aromatic carbocycles. The van der Waals surface area contributed by atoms with Crippen LogP contribution >= 0.6 is 0 Å². The molecule has 3 nitrogen and oxygen atoms in total. The van der Waals surface area contributed by atoms with Gasteiger partial charge in [-0.1, -0.05) is 0 Å². The van der Waals surface area contributed by atoms with Crippen molar-refractivity contribution in [2.45, 2.75) is 13.3 Å². The average Bonchev–Trinajstić information content (AvgIpc) is 2.54. The van der Waals surface area contributed by atoms with Crippen molar-refractivity contribution < 1.29 is 7.48 Å². The first-order chi connectivity index (χ1) is 8.54. The Kier molecular flexibility index (Phi) is 2.26. The molecule has 2 rings (SSSR count). The summed E-state index contributed by atoms with van der Waals surface area (Å²) in [6.07, 6.45) is 0.817. The van der Waals surface area contributed by atoms with Crippen LogP contribution in [-0.4, -0.2) is 18.2 Å². The van der Waals surface area contributed by atoms with Gasteiger partial charge in [0.25, 0.3) is 0 Å². The normalized spacial score (nSPS) is 13.0. The van der Waals surface area contributed by atoms with Crippen molar-refractivity contribution in [3.8, 4) is 5.75 Å². The van der Waals surface area contributed by atoms with E-state index in [1.54, 1.807) is 6.07 Å². The molecule has 0 atom stereocenters. The lowest BCUT2D eigenvalue weighted by Gasteiger charge is -2.01. The Morgan fingerprint density at radius 3 is 3.00 bits per heavy atom. The Morgan fingerprint density at radius 2 is 2.31 bits per heavy atom. The summed E-state index contributed by atoms with van der Waals surface area (Å²) in [6.45, 7) is 2.67. The average molecular weight is 220 g/mol. The van der Waals surface area contributed by atoms with Gasteiger partial charge in [0.1, 0.15) is 5.75 Å². The molecule has 0 unspecified atom stereocenters. The fraction of sp³-hybridized carbons (Fsp3) is 0.385. The standard InChI is InChI=1S/C13H18N2O/c1-9-11(6-7-14)12-8-10(16-3)4-5-13(12)15(9)2/h4-5,8H,6-7,14H2,1-3H3/i3D2. The lowest BCUT2D eigenvalue weighted by atomic mass is 10.1. The highest BCUT2D eigenvalue weighted by Gasteiger charge is 2.11. The van der Waals surface area contributed by atoms with E-state index in [0.29, 0.717) is 12.3 Å². The Morgan fingerprint density at radius 1 is 1.50 bits per heavy atom. The molecule has 0 aliphatic rings. The van der Waals surface area contributed by atoms with Crippen LogP contribution in [-0.2, 0) is 13.5 Å². The molecule has 1 aromatic heterocycles. The minimum atomic E-state index is -1.30. The predicted octanol–water partition coefficient (Wildman–Crippen LogP) is 2.00. The lowest BCUT2D eigenvalue weighted by Crippen LogP contribution is -2.04. The molecule has 0 fully saturated rings. The van der Waals surface area contributed by atoms with Crippen molar-refractivity contribution >= 4 is 10.9 Å². The fourth-order valence-electron chi connectivity index (χ4n) is 2.16. The van der Waals surface area contributed by atoms with E-state index in [2.05, 4.69) is 11.5 Å². The van der Waals surface area contributed by atoms with Crippen LogP contribution < -0.4 is 10.5 Å². The van der Waals surface area contributed by atoms with E-state index in [4.69, 9.17) is 13.2 Å². The number of ether oxygens (including phenoxy) is 1. The third-order valence-corrected chi connectivity index (χ3v) is 3.12. The molecule has 3 heteroatoms. The Balaban J connectivity index is 2.56. The van der Waals surface area contributed by atoms with Gasteiger partial charge in [0.2, 0.25) is 0 Å². The molecule has 0 aliphatic carbocycles. The predicted molar refractivity (Wildman–Crippen MR) is 67.0 cm³/mol. The van der Waals surface area contributed by atoms with Gasteiger partial charge in [-0.05, 0) is 43.7 Å². The summed E-state index contributed by atoms with van der Waals surface area (Å²) in [7, 11) is 0.723. The number of nitrogens with zero attached hydrogens (tertiary/aromatic N) is 1. The van der Waals surface area contributed by atoms with E-state index >= 15 is 0 Å². The highest BCUT2D eigenvalue weighted by Crippen LogP contribution is 2.28. The molecular weight excluding hydrogens is 200 g/mol. The van der Waals surface area contributed by atoms with Crippen LogP contribution in [0.15, 0.2) is 18.2 Å². The zero-order valence-electron chi connectivity index (χ0n) is 11.7. The first-order valence-corrected chi connectivity index (χ1v) is 5.33. The molecular formula is C13H18N2O. The van der Waals surface area contributed by atoms with Crippen LogP contribution in [0.1, 0.15) is 14.0 Å². The molecule has 0 saturated heterocycles. The first-order valence-electron chi connectivity index (χ1n) is 6.49. The van der Waals surface area contributed by atoms with Gasteiger partial charge in [-0.25, -0.2) is 0 Å². The summed E-state index contributed by atoms with van der Waals surface area (Å²) in [6, 6.07) is 5.65. The molecule has 0 saturated carbocycles. The van der Waals surface area contributed by atoms with Gasteiger partial charge in [0.05, 0.1) is 9.80 Å². The van der Waals surface area contributed by atoms with Crippen molar-refractivity contribution in [1.29, 1.82) is 0 Å². The second-order valence-electron chi connectivity index (χ2n) is 3.96. The molecule has 0 radical (unpaired) electrons. The topological polar surface area (TPSA) is 40.2 Å². The highest BCUT2D eigenvalue weighted by atomic mass is 16.5. The molecule has 1 heterocycles. The van der Waals surface area contributed by atoms with Crippen LogP contribution in [0, 0.1) is 6.92 Å². The van der Waals surface area contributed by atoms with Crippen molar-refractivity contribution in [3.05, 3.63) is 29.5 Å². The Hall–Kier alpha value is -1.48. The first kappa shape index (κ1) is 8.65. The smallest absolute Gasteiger partial charge is 0.119 e. The van der Waals surface area contributed by atoms with Gasteiger partial charge in [-0.15, -0.1) is 0 Å². The van der Waals surface area contributed by atoms with E-state index < -0.39 is 7.06 Å². The quantitative estimate of drug-likeness (QED) is 0.859. The molecule has 0 bridgehead atoms. The Labute approximate surface area is 98.6 Å². The van der Waals surface area contributed by atoms with Crippen molar-refractivity contribution in [2.75, 3.05) is 13.6 Å². The summed E-state index contributed by atoms with van der Waals surface area (Å²) in [4.78, 5) is 0. The zero-order chi connectivity index (χ0) is 13.3. The summed E-state index contributed by atoms with van der Waals surface area (Å²) >= 11 is 0. The molecule has 16 heavy (non-hydrogen) atoms. The number of aryl methyl sites for hydroxylation is 1. The van der Waals surface area contributed by atoms with E-state index in [1.165, 1.54) is 11.3 Å². The Bertz CT molecular complexity index is 564. The number of methoxy groups -OCH3 is 1. The second kappa shape index (κ2) is 4.18. The van der Waals surface area contributed by atoms with Gasteiger partial charge in [0, 0.05) is 23.6 Å². The number of nitrogens with two attached hydrogens (primary N) is 1. The number of hydrogen-bond acceptors (Lipinski definition) is 2. The largest absolute Gasteiger partial charge is 0.497 e. The highest BCUT2D eigenvalue weighted by molar-refractivity contribution is 5.86.